The monoisotopic (exact) mass is 456 g/mol. The smallest absolute Gasteiger partial charge is 0.123 e. The Morgan fingerprint density at radius 3 is 1.71 bits per heavy atom. The van der Waals surface area contributed by atoms with Crippen LogP contribution < -0.4 is 14.8 Å². The molecule has 31 heavy (non-hydrogen) atoms. The van der Waals surface area contributed by atoms with Gasteiger partial charge in [0.2, 0.25) is 0 Å². The predicted octanol–water partition coefficient (Wildman–Crippen LogP) is 6.72. The molecule has 0 fully saturated rings. The molecule has 1 N–H and O–H groups in total. The second-order valence-corrected chi connectivity index (χ2v) is 8.28. The molecule has 0 aliphatic carbocycles. The molecule has 3 nitrogen and oxygen atoms in total. The van der Waals surface area contributed by atoms with E-state index in [1.54, 1.807) is 0 Å². The van der Waals surface area contributed by atoms with E-state index in [-0.39, 0.29) is 10.8 Å². The van der Waals surface area contributed by atoms with Crippen LogP contribution in [0.25, 0.3) is 0 Å². The van der Waals surface area contributed by atoms with Crippen molar-refractivity contribution in [3.05, 3.63) is 102 Å². The van der Waals surface area contributed by atoms with Crippen molar-refractivity contribution in [1.29, 1.82) is 0 Å². The van der Waals surface area contributed by atoms with Gasteiger partial charge >= 0.3 is 0 Å². The average molecular weight is 457 g/mol. The van der Waals surface area contributed by atoms with E-state index in [9.17, 15) is 0 Å². The molecular weight excluding hydrogens is 429 g/mol. The van der Waals surface area contributed by atoms with Crippen LogP contribution in [0, 0.1) is 6.42 Å². The summed E-state index contributed by atoms with van der Waals surface area (Å²) in [5, 5.41) is 2.91. The van der Waals surface area contributed by atoms with Gasteiger partial charge in [-0.1, -0.05) is 67.6 Å². The van der Waals surface area contributed by atoms with E-state index in [1.807, 2.05) is 85.8 Å². The van der Waals surface area contributed by atoms with Gasteiger partial charge in [-0.05, 0) is 41.8 Å². The first kappa shape index (κ1) is 23.5. The molecule has 0 saturated carbocycles. The lowest BCUT2D eigenvalue weighted by molar-refractivity contribution is 0.300. The van der Waals surface area contributed by atoms with Crippen LogP contribution in [0.3, 0.4) is 0 Å². The van der Waals surface area contributed by atoms with Crippen molar-refractivity contribution in [2.45, 2.75) is 24.2 Å². The van der Waals surface area contributed by atoms with Crippen LogP contribution in [0.4, 0.5) is 0 Å². The number of halogens is 2. The summed E-state index contributed by atoms with van der Waals surface area (Å²) >= 11 is 13.0. The van der Waals surface area contributed by atoms with Crippen molar-refractivity contribution in [3.8, 4) is 11.5 Å². The van der Waals surface area contributed by atoms with E-state index >= 15 is 0 Å². The first-order valence-electron chi connectivity index (χ1n) is 10.4. The van der Waals surface area contributed by atoms with Crippen molar-refractivity contribution < 1.29 is 9.47 Å². The minimum absolute atomic E-state index is 0.229. The lowest BCUT2D eigenvalue weighted by Crippen LogP contribution is -2.14. The van der Waals surface area contributed by atoms with Gasteiger partial charge in [0.1, 0.15) is 24.7 Å². The Morgan fingerprint density at radius 2 is 1.26 bits per heavy atom. The summed E-state index contributed by atoms with van der Waals surface area (Å²) in [6.45, 7) is 4.30. The molecule has 2 unspecified atom stereocenters. The van der Waals surface area contributed by atoms with Crippen LogP contribution in [-0.4, -0.2) is 19.8 Å². The third kappa shape index (κ3) is 7.77. The molecule has 3 aromatic rings. The van der Waals surface area contributed by atoms with Gasteiger partial charge in [0.15, 0.2) is 0 Å². The number of hydrogen-bond donors (Lipinski definition) is 1. The summed E-state index contributed by atoms with van der Waals surface area (Å²) in [6.07, 6.45) is 2.08. The Morgan fingerprint density at radius 1 is 0.774 bits per heavy atom. The molecule has 0 bridgehead atoms. The predicted molar refractivity (Wildman–Crippen MR) is 129 cm³/mol. The van der Waals surface area contributed by atoms with Gasteiger partial charge in [0, 0.05) is 12.6 Å². The minimum atomic E-state index is -0.229. The minimum Gasteiger partial charge on any atom is -0.492 e. The standard InChI is InChI=1S/C26H28Cl2NO2/c1-2-13-29-17-20-14-23(30-18-25(27)21-9-5-3-6-10-21)16-24(15-20)31-19-26(28)22-11-7-4-8-12-22/h2-12,14-16,25-26,29H,13,17-19H2,1H3. The number of rotatable bonds is 12. The van der Waals surface area contributed by atoms with Gasteiger partial charge in [-0.2, -0.15) is 0 Å². The highest BCUT2D eigenvalue weighted by atomic mass is 35.5. The Bertz CT molecular complexity index is 838. The van der Waals surface area contributed by atoms with Crippen LogP contribution in [0.2, 0.25) is 0 Å². The molecule has 163 valence electrons. The van der Waals surface area contributed by atoms with Crippen LogP contribution in [0.5, 0.6) is 11.5 Å². The van der Waals surface area contributed by atoms with E-state index < -0.39 is 0 Å². The topological polar surface area (TPSA) is 30.5 Å². The summed E-state index contributed by atoms with van der Waals surface area (Å²) in [7, 11) is 0. The van der Waals surface area contributed by atoms with Gasteiger partial charge in [-0.3, -0.25) is 0 Å². The average Bonchev–Trinajstić information content (AvgIpc) is 2.82. The van der Waals surface area contributed by atoms with Crippen molar-refractivity contribution in [3.63, 3.8) is 0 Å². The Kier molecular flexibility index (Phi) is 9.54. The van der Waals surface area contributed by atoms with Gasteiger partial charge < -0.3 is 14.8 Å². The van der Waals surface area contributed by atoms with Crippen LogP contribution in [0.1, 0.15) is 34.4 Å². The van der Waals surface area contributed by atoms with Gasteiger partial charge in [0.05, 0.1) is 10.8 Å². The Hall–Kier alpha value is -2.20. The molecule has 0 aliphatic rings. The van der Waals surface area contributed by atoms with Crippen molar-refractivity contribution in [2.24, 2.45) is 0 Å². The first-order chi connectivity index (χ1) is 15.2. The second-order valence-electron chi connectivity index (χ2n) is 7.23. The SMILES string of the molecule is C[CH]CNCc1cc(OCC(Cl)c2ccccc2)cc(OCC(Cl)c2ccccc2)c1. The fraction of sp³-hybridized carbons (Fsp3) is 0.269. The number of nitrogens with one attached hydrogen (secondary N) is 1. The Labute approximate surface area is 195 Å². The third-order valence-corrected chi connectivity index (χ3v) is 5.49. The second kappa shape index (κ2) is 12.6. The van der Waals surface area contributed by atoms with E-state index in [0.717, 1.165) is 34.7 Å². The zero-order valence-corrected chi connectivity index (χ0v) is 19.2. The molecule has 3 rings (SSSR count). The quantitative estimate of drug-likeness (QED) is 0.242. The van der Waals surface area contributed by atoms with Crippen LogP contribution >= 0.6 is 23.2 Å². The van der Waals surface area contributed by atoms with Crippen LogP contribution in [-0.2, 0) is 6.54 Å². The molecule has 0 saturated heterocycles. The summed E-state index contributed by atoms with van der Waals surface area (Å²) in [6, 6.07) is 25.8. The molecule has 0 aromatic heterocycles. The Balaban J connectivity index is 1.66. The molecule has 2 atom stereocenters. The molecular formula is C26H28Cl2NO2. The van der Waals surface area contributed by atoms with Crippen molar-refractivity contribution in [2.75, 3.05) is 19.8 Å². The maximum Gasteiger partial charge on any atom is 0.123 e. The molecule has 0 amide bonds. The molecule has 5 heteroatoms. The third-order valence-electron chi connectivity index (χ3n) is 4.73. The van der Waals surface area contributed by atoms with Gasteiger partial charge in [-0.15, -0.1) is 23.2 Å². The zero-order chi connectivity index (χ0) is 21.9. The fourth-order valence-corrected chi connectivity index (χ4v) is 3.53. The molecule has 1 radical (unpaired) electrons. The lowest BCUT2D eigenvalue weighted by Gasteiger charge is -2.16. The van der Waals surface area contributed by atoms with Crippen LogP contribution in [0.15, 0.2) is 78.9 Å². The maximum absolute atomic E-state index is 6.52. The number of hydrogen-bond acceptors (Lipinski definition) is 3. The van der Waals surface area contributed by atoms with E-state index in [0.29, 0.717) is 19.8 Å². The lowest BCUT2D eigenvalue weighted by atomic mass is 10.1. The highest BCUT2D eigenvalue weighted by Gasteiger charge is 2.12. The summed E-state index contributed by atoms with van der Waals surface area (Å²) in [5.74, 6) is 1.45. The summed E-state index contributed by atoms with van der Waals surface area (Å²) in [5.41, 5.74) is 3.14. The highest BCUT2D eigenvalue weighted by Crippen LogP contribution is 2.28. The summed E-state index contributed by atoms with van der Waals surface area (Å²) in [4.78, 5) is 0. The fourth-order valence-electron chi connectivity index (χ4n) is 3.12. The molecule has 3 aromatic carbocycles. The highest BCUT2D eigenvalue weighted by molar-refractivity contribution is 6.21. The molecule has 0 heterocycles. The summed E-state index contributed by atoms with van der Waals surface area (Å²) < 4.78 is 12.0. The normalized spacial score (nSPS) is 12.9. The van der Waals surface area contributed by atoms with E-state index in [4.69, 9.17) is 32.7 Å². The van der Waals surface area contributed by atoms with E-state index in [1.165, 1.54) is 0 Å². The zero-order valence-electron chi connectivity index (χ0n) is 17.6. The molecule has 0 spiro atoms. The van der Waals surface area contributed by atoms with Crippen molar-refractivity contribution in [1.82, 2.24) is 5.32 Å². The van der Waals surface area contributed by atoms with Crippen molar-refractivity contribution >= 4 is 23.2 Å². The number of alkyl halides is 2. The largest absolute Gasteiger partial charge is 0.492 e. The van der Waals surface area contributed by atoms with E-state index in [2.05, 4.69) is 11.7 Å². The molecule has 0 aliphatic heterocycles. The number of ether oxygens (including phenoxy) is 2. The first-order valence-corrected chi connectivity index (χ1v) is 11.3. The number of benzene rings is 3. The van der Waals surface area contributed by atoms with Gasteiger partial charge in [-0.25, -0.2) is 0 Å². The maximum atomic E-state index is 6.52. The van der Waals surface area contributed by atoms with Gasteiger partial charge in [0.25, 0.3) is 0 Å².